The summed E-state index contributed by atoms with van der Waals surface area (Å²) in [6.07, 6.45) is 13.6. The zero-order valence-electron chi connectivity index (χ0n) is 19.4. The fourth-order valence-corrected chi connectivity index (χ4v) is 7.81. The summed E-state index contributed by atoms with van der Waals surface area (Å²) < 4.78 is 12.0. The molecule has 0 radical (unpaired) electrons. The number of phenolic OH excluding ortho intramolecular Hbond substituents is 1. The molecule has 1 saturated carbocycles. The minimum Gasteiger partial charge on any atom is -0.508 e. The van der Waals surface area contributed by atoms with Gasteiger partial charge in [0, 0.05) is 30.6 Å². The van der Waals surface area contributed by atoms with E-state index in [1.54, 1.807) is 24.7 Å². The Bertz CT molecular complexity index is 1140. The van der Waals surface area contributed by atoms with Crippen LogP contribution in [0.2, 0.25) is 0 Å². The first kappa shape index (κ1) is 20.8. The topological polar surface area (TPSA) is 74.9 Å². The highest BCUT2D eigenvalue weighted by Crippen LogP contribution is 2.66. The number of fused-ring (bicyclic) bond motifs is 4. The number of furan rings is 1. The Labute approximate surface area is 200 Å². The standard InChI is InChI=1S/C28H32N2O4/c31-21-5-4-20-14-28-24-7-10-27(34-24,17-29-25(32)6-3-19-9-12-33-16-19)26(28)22(23(20)13-21)8-11-30(28)15-18-1-2-18/h3-6,9,12-13,16,18,22,24,26,31H,1-2,7-8,10-11,14-15,17H2,(H,29,32)/b6-3+/t22?,24?,26?,27-,28?/m0/s1. The van der Waals surface area contributed by atoms with E-state index >= 15 is 0 Å². The number of hydrogen-bond donors (Lipinski definition) is 2. The van der Waals surface area contributed by atoms with Crippen molar-refractivity contribution >= 4 is 12.0 Å². The molecule has 6 heteroatoms. The highest BCUT2D eigenvalue weighted by atomic mass is 16.5. The van der Waals surface area contributed by atoms with Crippen LogP contribution in [0, 0.1) is 11.8 Å². The van der Waals surface area contributed by atoms with Crippen molar-refractivity contribution in [1.82, 2.24) is 10.2 Å². The number of hydrogen-bond acceptors (Lipinski definition) is 5. The predicted molar refractivity (Wildman–Crippen MR) is 127 cm³/mol. The van der Waals surface area contributed by atoms with Gasteiger partial charge in [0.05, 0.1) is 29.8 Å². The predicted octanol–water partition coefficient (Wildman–Crippen LogP) is 3.86. The second kappa shape index (κ2) is 7.46. The van der Waals surface area contributed by atoms with Gasteiger partial charge in [0.25, 0.3) is 0 Å². The lowest BCUT2D eigenvalue weighted by atomic mass is 9.52. The second-order valence-corrected chi connectivity index (χ2v) is 11.1. The average Bonchev–Trinajstić information content (AvgIpc) is 3.23. The van der Waals surface area contributed by atoms with Gasteiger partial charge >= 0.3 is 0 Å². The number of ether oxygens (including phenoxy) is 1. The number of rotatable bonds is 6. The van der Waals surface area contributed by atoms with E-state index in [1.165, 1.54) is 30.5 Å². The highest BCUT2D eigenvalue weighted by Gasteiger charge is 2.73. The van der Waals surface area contributed by atoms with Crippen LogP contribution >= 0.6 is 0 Å². The molecule has 4 bridgehead atoms. The molecular weight excluding hydrogens is 428 g/mol. The SMILES string of the molecule is O=C(/C=C/c1ccoc1)NC[C@]12CCC(O1)C13Cc4ccc(O)cc4C(CCN1CC1CC1)C32. The van der Waals surface area contributed by atoms with Gasteiger partial charge in [-0.25, -0.2) is 0 Å². The summed E-state index contributed by atoms with van der Waals surface area (Å²) >= 11 is 0. The van der Waals surface area contributed by atoms with Crippen LogP contribution in [0.5, 0.6) is 5.75 Å². The molecule has 1 amide bonds. The first-order valence-electron chi connectivity index (χ1n) is 12.8. The number of likely N-dealkylation sites (tertiary alicyclic amines) is 1. The van der Waals surface area contributed by atoms with Crippen LogP contribution in [0.1, 0.15) is 54.7 Å². The van der Waals surface area contributed by atoms with Gasteiger partial charge in [-0.05, 0) is 92.3 Å². The minimum atomic E-state index is -0.347. The van der Waals surface area contributed by atoms with E-state index < -0.39 is 0 Å². The Morgan fingerprint density at radius 2 is 2.15 bits per heavy atom. The molecule has 5 aliphatic rings. The van der Waals surface area contributed by atoms with Crippen LogP contribution in [-0.4, -0.2) is 52.8 Å². The third-order valence-corrected chi connectivity index (χ3v) is 9.28. The fourth-order valence-electron chi connectivity index (χ4n) is 7.81. The Hall–Kier alpha value is -2.57. The van der Waals surface area contributed by atoms with Gasteiger partial charge in [0.15, 0.2) is 0 Å². The normalized spacial score (nSPS) is 35.9. The number of nitrogens with zero attached hydrogens (tertiary/aromatic N) is 1. The largest absolute Gasteiger partial charge is 0.508 e. The second-order valence-electron chi connectivity index (χ2n) is 11.1. The molecule has 1 aromatic heterocycles. The van der Waals surface area contributed by atoms with Gasteiger partial charge in [-0.3, -0.25) is 9.69 Å². The molecule has 4 unspecified atom stereocenters. The molecule has 0 spiro atoms. The summed E-state index contributed by atoms with van der Waals surface area (Å²) in [5.74, 6) is 1.77. The molecular formula is C28H32N2O4. The average molecular weight is 461 g/mol. The summed E-state index contributed by atoms with van der Waals surface area (Å²) in [5, 5.41) is 13.5. The third-order valence-electron chi connectivity index (χ3n) is 9.28. The van der Waals surface area contributed by atoms with Gasteiger partial charge in [-0.1, -0.05) is 6.07 Å². The molecule has 2 aliphatic carbocycles. The Balaban J connectivity index is 1.21. The molecule has 2 N–H and O–H groups in total. The summed E-state index contributed by atoms with van der Waals surface area (Å²) in [5.41, 5.74) is 3.20. The van der Waals surface area contributed by atoms with Crippen molar-refractivity contribution in [2.75, 3.05) is 19.6 Å². The maximum Gasteiger partial charge on any atom is 0.244 e. The molecule has 3 saturated heterocycles. The summed E-state index contributed by atoms with van der Waals surface area (Å²) in [6.45, 7) is 2.81. The van der Waals surface area contributed by atoms with Gasteiger partial charge in [0.2, 0.25) is 5.91 Å². The lowest BCUT2D eigenvalue weighted by Crippen LogP contribution is -2.70. The van der Waals surface area contributed by atoms with Crippen molar-refractivity contribution in [3.05, 3.63) is 59.6 Å². The Morgan fingerprint density at radius 3 is 2.97 bits per heavy atom. The maximum atomic E-state index is 12.7. The van der Waals surface area contributed by atoms with E-state index in [4.69, 9.17) is 9.15 Å². The first-order valence-corrected chi connectivity index (χ1v) is 12.8. The van der Waals surface area contributed by atoms with Gasteiger partial charge in [0.1, 0.15) is 5.75 Å². The lowest BCUT2D eigenvalue weighted by molar-refractivity contribution is -0.118. The van der Waals surface area contributed by atoms with Gasteiger partial charge in [-0.15, -0.1) is 0 Å². The van der Waals surface area contributed by atoms with Crippen molar-refractivity contribution in [1.29, 1.82) is 0 Å². The maximum absolute atomic E-state index is 12.7. The van der Waals surface area contributed by atoms with Crippen molar-refractivity contribution in [2.24, 2.45) is 11.8 Å². The molecule has 7 rings (SSSR count). The molecule has 5 atom stereocenters. The molecule has 1 aromatic carbocycles. The zero-order chi connectivity index (χ0) is 22.9. The highest BCUT2D eigenvalue weighted by molar-refractivity contribution is 5.91. The van der Waals surface area contributed by atoms with Crippen molar-refractivity contribution in [3.8, 4) is 5.75 Å². The number of benzene rings is 1. The van der Waals surface area contributed by atoms with E-state index in [-0.39, 0.29) is 23.2 Å². The van der Waals surface area contributed by atoms with Crippen LogP contribution in [0.4, 0.5) is 0 Å². The smallest absolute Gasteiger partial charge is 0.244 e. The van der Waals surface area contributed by atoms with Crippen LogP contribution in [-0.2, 0) is 16.0 Å². The van der Waals surface area contributed by atoms with Gasteiger partial charge < -0.3 is 19.6 Å². The third kappa shape index (κ3) is 3.04. The number of carbonyl (C=O) groups is 1. The summed E-state index contributed by atoms with van der Waals surface area (Å²) in [6, 6.07) is 7.80. The van der Waals surface area contributed by atoms with E-state index in [0.29, 0.717) is 24.1 Å². The minimum absolute atomic E-state index is 0.00505. The fraction of sp³-hybridized carbons (Fsp3) is 0.536. The number of amides is 1. The summed E-state index contributed by atoms with van der Waals surface area (Å²) in [7, 11) is 0. The number of piperidine rings is 1. The van der Waals surface area contributed by atoms with Crippen molar-refractivity contribution in [3.63, 3.8) is 0 Å². The molecule has 34 heavy (non-hydrogen) atoms. The van der Waals surface area contributed by atoms with E-state index in [1.807, 2.05) is 18.2 Å². The lowest BCUT2D eigenvalue weighted by Gasteiger charge is -2.60. The van der Waals surface area contributed by atoms with Crippen molar-refractivity contribution in [2.45, 2.75) is 61.7 Å². The van der Waals surface area contributed by atoms with Crippen LogP contribution < -0.4 is 5.32 Å². The van der Waals surface area contributed by atoms with E-state index in [2.05, 4.69) is 16.3 Å². The van der Waals surface area contributed by atoms with Crippen LogP contribution in [0.25, 0.3) is 6.08 Å². The molecule has 2 aromatic rings. The molecule has 4 heterocycles. The molecule has 3 aliphatic heterocycles. The number of nitrogens with one attached hydrogen (secondary N) is 1. The van der Waals surface area contributed by atoms with Gasteiger partial charge in [-0.2, -0.15) is 0 Å². The van der Waals surface area contributed by atoms with E-state index in [9.17, 15) is 9.90 Å². The Morgan fingerprint density at radius 1 is 1.24 bits per heavy atom. The van der Waals surface area contributed by atoms with Crippen molar-refractivity contribution < 1.29 is 19.1 Å². The number of carbonyl (C=O) groups excluding carboxylic acids is 1. The molecule has 4 fully saturated rings. The monoisotopic (exact) mass is 460 g/mol. The quantitative estimate of drug-likeness (QED) is 0.641. The Kier molecular flexibility index (Phi) is 4.56. The molecule has 6 nitrogen and oxygen atoms in total. The van der Waals surface area contributed by atoms with E-state index in [0.717, 1.165) is 43.7 Å². The zero-order valence-corrected chi connectivity index (χ0v) is 19.4. The molecule has 178 valence electrons. The van der Waals surface area contributed by atoms with Crippen LogP contribution in [0.3, 0.4) is 0 Å². The van der Waals surface area contributed by atoms with Crippen LogP contribution in [0.15, 0.2) is 47.3 Å². The first-order chi connectivity index (χ1) is 16.6. The summed E-state index contributed by atoms with van der Waals surface area (Å²) in [4.78, 5) is 15.5. The number of aromatic hydroxyl groups is 1. The number of phenols is 1.